The zero-order valence-electron chi connectivity index (χ0n) is 17.9. The maximum absolute atomic E-state index is 7.35. The molecule has 29 heavy (non-hydrogen) atoms. The Morgan fingerprint density at radius 3 is 1.97 bits per heavy atom. The highest BCUT2D eigenvalue weighted by atomic mass is 28.4. The van der Waals surface area contributed by atoms with Crippen LogP contribution in [0.15, 0.2) is 60.7 Å². The quantitative estimate of drug-likeness (QED) is 0.767. The van der Waals surface area contributed by atoms with Crippen LogP contribution < -0.4 is 15.7 Å². The fourth-order valence-corrected chi connectivity index (χ4v) is 9.60. The van der Waals surface area contributed by atoms with E-state index in [9.17, 15) is 0 Å². The van der Waals surface area contributed by atoms with Gasteiger partial charge in [0.25, 0.3) is 8.32 Å². The van der Waals surface area contributed by atoms with Crippen molar-refractivity contribution in [1.29, 1.82) is 0 Å². The van der Waals surface area contributed by atoms with Crippen LogP contribution in [0.1, 0.15) is 20.8 Å². The summed E-state index contributed by atoms with van der Waals surface area (Å²) in [6, 6.07) is 22.2. The highest BCUT2D eigenvalue weighted by molar-refractivity contribution is 6.99. The molecule has 2 aliphatic rings. The van der Waals surface area contributed by atoms with E-state index in [1.54, 1.807) is 0 Å². The van der Waals surface area contributed by atoms with Crippen LogP contribution in [-0.2, 0) is 9.16 Å². The van der Waals surface area contributed by atoms with Crippen LogP contribution in [0.25, 0.3) is 0 Å². The minimum Gasteiger partial charge on any atom is -0.400 e. The second-order valence-corrected chi connectivity index (χ2v) is 13.5. The van der Waals surface area contributed by atoms with Crippen LogP contribution in [0, 0.1) is 0 Å². The average Bonchev–Trinajstić information content (AvgIpc) is 3.21. The second kappa shape index (κ2) is 8.70. The summed E-state index contributed by atoms with van der Waals surface area (Å²) in [7, 11) is -2.54. The third-order valence-corrected chi connectivity index (χ3v) is 11.4. The highest BCUT2D eigenvalue weighted by Crippen LogP contribution is 2.38. The first-order valence-electron chi connectivity index (χ1n) is 10.8. The van der Waals surface area contributed by atoms with Crippen LogP contribution in [0.4, 0.5) is 0 Å². The predicted octanol–water partition coefficient (Wildman–Crippen LogP) is 2.24. The van der Waals surface area contributed by atoms with Gasteiger partial charge in [0.2, 0.25) is 0 Å². The van der Waals surface area contributed by atoms with Crippen molar-refractivity contribution in [3.8, 4) is 0 Å². The Morgan fingerprint density at radius 2 is 1.45 bits per heavy atom. The van der Waals surface area contributed by atoms with Gasteiger partial charge in [0.1, 0.15) is 0 Å². The summed E-state index contributed by atoms with van der Waals surface area (Å²) in [5, 5.41) is 6.13. The van der Waals surface area contributed by atoms with Crippen LogP contribution in [0.5, 0.6) is 0 Å². The molecule has 0 spiro atoms. The van der Waals surface area contributed by atoms with Gasteiger partial charge in [-0.15, -0.1) is 0 Å². The molecule has 2 unspecified atom stereocenters. The fraction of sp³-hybridized carbons (Fsp3) is 0.500. The summed E-state index contributed by atoms with van der Waals surface area (Å²) in [4.78, 5) is 2.56. The molecular formula is C24H34N2O2Si. The lowest BCUT2D eigenvalue weighted by Gasteiger charge is -2.46. The minimum atomic E-state index is -2.54. The average molecular weight is 411 g/mol. The van der Waals surface area contributed by atoms with Crippen LogP contribution >= 0.6 is 0 Å². The largest absolute Gasteiger partial charge is 0.400 e. The molecule has 0 aromatic heterocycles. The van der Waals surface area contributed by atoms with Crippen molar-refractivity contribution in [2.75, 3.05) is 39.4 Å². The number of piperazine rings is 1. The Labute approximate surface area is 176 Å². The summed E-state index contributed by atoms with van der Waals surface area (Å²) in [6.45, 7) is 12.7. The first-order chi connectivity index (χ1) is 14.0. The van der Waals surface area contributed by atoms with Gasteiger partial charge < -0.3 is 14.5 Å². The molecule has 156 valence electrons. The van der Waals surface area contributed by atoms with E-state index in [1.807, 2.05) is 0 Å². The molecule has 2 aliphatic heterocycles. The summed E-state index contributed by atoms with van der Waals surface area (Å²) in [6.07, 6.45) is 0.0967. The van der Waals surface area contributed by atoms with Gasteiger partial charge in [0, 0.05) is 26.2 Å². The molecule has 2 atom stereocenters. The smallest absolute Gasteiger partial charge is 0.261 e. The van der Waals surface area contributed by atoms with Crippen LogP contribution in [0.3, 0.4) is 0 Å². The SMILES string of the molecule is CC(C)(C)[Si](OC1COCC1N1CCNCC1)(c1ccccc1)c1ccccc1. The predicted molar refractivity (Wildman–Crippen MR) is 122 cm³/mol. The van der Waals surface area contributed by atoms with E-state index in [0.29, 0.717) is 12.6 Å². The van der Waals surface area contributed by atoms with Crippen molar-refractivity contribution in [2.24, 2.45) is 0 Å². The van der Waals surface area contributed by atoms with E-state index in [4.69, 9.17) is 9.16 Å². The molecular weight excluding hydrogens is 376 g/mol. The van der Waals surface area contributed by atoms with Gasteiger partial charge in [-0.25, -0.2) is 0 Å². The van der Waals surface area contributed by atoms with Crippen molar-refractivity contribution in [3.05, 3.63) is 60.7 Å². The molecule has 4 nitrogen and oxygen atoms in total. The zero-order valence-corrected chi connectivity index (χ0v) is 18.9. The Hall–Kier alpha value is -1.50. The lowest BCUT2D eigenvalue weighted by molar-refractivity contribution is 0.0839. The van der Waals surface area contributed by atoms with Gasteiger partial charge in [-0.2, -0.15) is 0 Å². The molecule has 1 N–H and O–H groups in total. The Kier molecular flexibility index (Phi) is 6.23. The molecule has 0 aliphatic carbocycles. The summed E-state index contributed by atoms with van der Waals surface area (Å²) in [5.74, 6) is 0. The molecule has 0 bridgehead atoms. The van der Waals surface area contributed by atoms with Crippen molar-refractivity contribution in [3.63, 3.8) is 0 Å². The summed E-state index contributed by atoms with van der Waals surface area (Å²) >= 11 is 0. The molecule has 2 aromatic rings. The van der Waals surface area contributed by atoms with E-state index < -0.39 is 8.32 Å². The number of rotatable bonds is 5. The molecule has 4 rings (SSSR count). The molecule has 0 saturated carbocycles. The van der Waals surface area contributed by atoms with E-state index in [2.05, 4.69) is 91.7 Å². The van der Waals surface area contributed by atoms with Crippen molar-refractivity contribution < 1.29 is 9.16 Å². The topological polar surface area (TPSA) is 33.7 Å². The van der Waals surface area contributed by atoms with Gasteiger partial charge in [-0.1, -0.05) is 81.4 Å². The second-order valence-electron chi connectivity index (χ2n) is 9.21. The normalized spacial score (nSPS) is 24.0. The maximum Gasteiger partial charge on any atom is 0.261 e. The number of hydrogen-bond acceptors (Lipinski definition) is 4. The number of nitrogens with one attached hydrogen (secondary N) is 1. The standard InChI is InChI=1S/C24H34N2O2Si/c1-24(2,3)29(20-10-6-4-7-11-20,21-12-8-5-9-13-21)28-23-19-27-18-22(23)26-16-14-25-15-17-26/h4-13,22-23,25H,14-19H2,1-3H3. The molecule has 2 heterocycles. The number of nitrogens with zero attached hydrogens (tertiary/aromatic N) is 1. The lowest BCUT2D eigenvalue weighted by Crippen LogP contribution is -2.69. The minimum absolute atomic E-state index is 0.00764. The van der Waals surface area contributed by atoms with Gasteiger partial charge in [-0.3, -0.25) is 4.90 Å². The lowest BCUT2D eigenvalue weighted by atomic mass is 10.1. The number of benzene rings is 2. The third kappa shape index (κ3) is 4.07. The first-order valence-corrected chi connectivity index (χ1v) is 12.7. The van der Waals surface area contributed by atoms with Crippen LogP contribution in [-0.4, -0.2) is 64.8 Å². The van der Waals surface area contributed by atoms with Gasteiger partial charge in [-0.05, 0) is 15.4 Å². The van der Waals surface area contributed by atoms with Crippen molar-refractivity contribution >= 4 is 18.7 Å². The van der Waals surface area contributed by atoms with E-state index in [1.165, 1.54) is 10.4 Å². The number of hydrogen-bond donors (Lipinski definition) is 1. The summed E-state index contributed by atoms with van der Waals surface area (Å²) in [5.41, 5.74) is 0. The molecule has 5 heteroatoms. The van der Waals surface area contributed by atoms with Gasteiger partial charge in [0.05, 0.1) is 25.4 Å². The maximum atomic E-state index is 7.35. The third-order valence-electron chi connectivity index (χ3n) is 6.37. The van der Waals surface area contributed by atoms with E-state index >= 15 is 0 Å². The molecule has 2 aromatic carbocycles. The van der Waals surface area contributed by atoms with Crippen molar-refractivity contribution in [2.45, 2.75) is 38.0 Å². The monoisotopic (exact) mass is 410 g/mol. The molecule has 2 fully saturated rings. The zero-order chi connectivity index (χ0) is 20.3. The first kappa shape index (κ1) is 20.8. The fourth-order valence-electron chi connectivity index (χ4n) is 4.91. The molecule has 2 saturated heterocycles. The highest BCUT2D eigenvalue weighted by Gasteiger charge is 2.53. The van der Waals surface area contributed by atoms with Crippen LogP contribution in [0.2, 0.25) is 5.04 Å². The van der Waals surface area contributed by atoms with E-state index in [0.717, 1.165) is 32.8 Å². The molecule has 0 radical (unpaired) electrons. The number of ether oxygens (including phenoxy) is 1. The Bertz CT molecular complexity index is 733. The van der Waals surface area contributed by atoms with Gasteiger partial charge in [0.15, 0.2) is 0 Å². The van der Waals surface area contributed by atoms with E-state index in [-0.39, 0.29) is 11.1 Å². The Balaban J connectivity index is 1.76. The van der Waals surface area contributed by atoms with Gasteiger partial charge >= 0.3 is 0 Å². The molecule has 0 amide bonds. The summed E-state index contributed by atoms with van der Waals surface area (Å²) < 4.78 is 13.3. The van der Waals surface area contributed by atoms with Crippen molar-refractivity contribution in [1.82, 2.24) is 10.2 Å². The Morgan fingerprint density at radius 1 is 0.897 bits per heavy atom.